The van der Waals surface area contributed by atoms with Crippen molar-refractivity contribution >= 4 is 16.8 Å². The molecule has 8 heavy (non-hydrogen) atoms. The molecule has 0 heterocycles. The van der Waals surface area contributed by atoms with Crippen LogP contribution in [-0.4, -0.2) is 10.8 Å². The summed E-state index contributed by atoms with van der Waals surface area (Å²) >= 11 is 1.58. The van der Waals surface area contributed by atoms with Gasteiger partial charge in [-0.3, -0.25) is 0 Å². The van der Waals surface area contributed by atoms with E-state index in [0.29, 0.717) is 0 Å². The van der Waals surface area contributed by atoms with Gasteiger partial charge in [-0.05, 0) is 12.7 Å². The lowest BCUT2D eigenvalue weighted by atomic mass is 10.9. The molecule has 0 aromatic rings. The molecule has 0 radical (unpaired) electrons. The standard InChI is InChI=1S/C5H8N2S/c1-3-8-5(2)7-4-6/h3H2,1-2H3. The molecule has 0 aromatic carbocycles. The summed E-state index contributed by atoms with van der Waals surface area (Å²) in [5.74, 6) is 0.983. The third kappa shape index (κ3) is 3.69. The zero-order chi connectivity index (χ0) is 6.41. The van der Waals surface area contributed by atoms with E-state index >= 15 is 0 Å². The zero-order valence-electron chi connectivity index (χ0n) is 5.01. The first-order chi connectivity index (χ1) is 3.81. The Labute approximate surface area is 53.6 Å². The van der Waals surface area contributed by atoms with Crippen molar-refractivity contribution in [1.29, 1.82) is 5.26 Å². The highest BCUT2D eigenvalue weighted by Gasteiger charge is 1.84. The largest absolute Gasteiger partial charge is 0.206 e. The Balaban J connectivity index is 3.49. The van der Waals surface area contributed by atoms with Gasteiger partial charge in [0.15, 0.2) is 0 Å². The Morgan fingerprint density at radius 1 is 1.88 bits per heavy atom. The van der Waals surface area contributed by atoms with Crippen LogP contribution in [0.5, 0.6) is 0 Å². The van der Waals surface area contributed by atoms with Crippen molar-refractivity contribution in [1.82, 2.24) is 0 Å². The van der Waals surface area contributed by atoms with Crippen molar-refractivity contribution in [2.75, 3.05) is 5.75 Å². The van der Waals surface area contributed by atoms with Crippen LogP contribution in [0.3, 0.4) is 0 Å². The smallest absolute Gasteiger partial charge is 0.172 e. The number of hydrogen-bond donors (Lipinski definition) is 0. The van der Waals surface area contributed by atoms with Crippen LogP contribution in [-0.2, 0) is 0 Å². The molecule has 0 saturated carbocycles. The first-order valence-electron chi connectivity index (χ1n) is 2.37. The van der Waals surface area contributed by atoms with Crippen molar-refractivity contribution in [2.45, 2.75) is 13.8 Å². The zero-order valence-corrected chi connectivity index (χ0v) is 5.83. The molecule has 0 saturated heterocycles. The predicted octanol–water partition coefficient (Wildman–Crippen LogP) is 1.64. The van der Waals surface area contributed by atoms with Crippen LogP contribution in [0.1, 0.15) is 13.8 Å². The molecule has 3 heteroatoms. The third-order valence-corrected chi connectivity index (χ3v) is 1.36. The summed E-state index contributed by atoms with van der Waals surface area (Å²) in [5.41, 5.74) is 0. The van der Waals surface area contributed by atoms with E-state index in [-0.39, 0.29) is 0 Å². The summed E-state index contributed by atoms with van der Waals surface area (Å²) in [6.07, 6.45) is 1.72. The highest BCUT2D eigenvalue weighted by molar-refractivity contribution is 8.13. The summed E-state index contributed by atoms with van der Waals surface area (Å²) in [5, 5.41) is 8.86. The second-order valence-corrected chi connectivity index (χ2v) is 2.62. The maximum Gasteiger partial charge on any atom is 0.206 e. The molecule has 0 aliphatic heterocycles. The highest BCUT2D eigenvalue weighted by atomic mass is 32.2. The van der Waals surface area contributed by atoms with E-state index in [1.54, 1.807) is 18.0 Å². The Kier molecular flexibility index (Phi) is 4.38. The van der Waals surface area contributed by atoms with Crippen LogP contribution in [0.25, 0.3) is 0 Å². The fraction of sp³-hybridized carbons (Fsp3) is 0.600. The van der Waals surface area contributed by atoms with Gasteiger partial charge >= 0.3 is 0 Å². The molecular formula is C5H8N2S. The van der Waals surface area contributed by atoms with E-state index in [2.05, 4.69) is 4.99 Å². The van der Waals surface area contributed by atoms with E-state index in [9.17, 15) is 0 Å². The minimum absolute atomic E-state index is 0.843. The number of hydrogen-bond acceptors (Lipinski definition) is 3. The molecule has 0 fully saturated rings. The van der Waals surface area contributed by atoms with E-state index in [4.69, 9.17) is 5.26 Å². The Hall–Kier alpha value is -0.490. The van der Waals surface area contributed by atoms with Gasteiger partial charge in [0.25, 0.3) is 0 Å². The molecule has 0 bridgehead atoms. The Bertz CT molecular complexity index is 123. The number of nitrogens with zero attached hydrogens (tertiary/aromatic N) is 2. The van der Waals surface area contributed by atoms with Crippen LogP contribution in [0.2, 0.25) is 0 Å². The molecule has 0 aliphatic rings. The number of nitriles is 1. The molecule has 0 aliphatic carbocycles. The van der Waals surface area contributed by atoms with Crippen molar-refractivity contribution in [3.63, 3.8) is 0 Å². The van der Waals surface area contributed by atoms with Crippen molar-refractivity contribution in [3.8, 4) is 6.19 Å². The molecule has 0 amide bonds. The fourth-order valence-electron chi connectivity index (χ4n) is 0.312. The van der Waals surface area contributed by atoms with Gasteiger partial charge in [-0.15, -0.1) is 11.8 Å². The molecule has 0 unspecified atom stereocenters. The highest BCUT2D eigenvalue weighted by Crippen LogP contribution is 2.00. The van der Waals surface area contributed by atoms with Crippen LogP contribution in [0, 0.1) is 11.5 Å². The maximum atomic E-state index is 8.01. The lowest BCUT2D eigenvalue weighted by molar-refractivity contribution is 1.44. The third-order valence-electron chi connectivity index (χ3n) is 0.561. The second-order valence-electron chi connectivity index (χ2n) is 1.16. The van der Waals surface area contributed by atoms with Gasteiger partial charge in [-0.25, -0.2) is 0 Å². The first kappa shape index (κ1) is 7.51. The summed E-state index contributed by atoms with van der Waals surface area (Å²) in [6.45, 7) is 3.86. The Morgan fingerprint density at radius 2 is 2.50 bits per heavy atom. The molecule has 2 nitrogen and oxygen atoms in total. The summed E-state index contributed by atoms with van der Waals surface area (Å²) in [7, 11) is 0. The topological polar surface area (TPSA) is 36.1 Å². The van der Waals surface area contributed by atoms with E-state index in [1.165, 1.54) is 0 Å². The summed E-state index contributed by atoms with van der Waals surface area (Å²) in [4.78, 5) is 3.50. The maximum absolute atomic E-state index is 8.01. The fourth-order valence-corrected chi connectivity index (χ4v) is 0.835. The average Bonchev–Trinajstić information content (AvgIpc) is 1.68. The van der Waals surface area contributed by atoms with Gasteiger partial charge in [0.2, 0.25) is 6.19 Å². The molecule has 0 spiro atoms. The lowest BCUT2D eigenvalue weighted by Gasteiger charge is -1.87. The predicted molar refractivity (Wildman–Crippen MR) is 36.9 cm³/mol. The van der Waals surface area contributed by atoms with Crippen LogP contribution in [0.15, 0.2) is 4.99 Å². The molecular weight excluding hydrogens is 120 g/mol. The minimum atomic E-state index is 0.843. The second kappa shape index (κ2) is 4.66. The van der Waals surface area contributed by atoms with Crippen LogP contribution in [0.4, 0.5) is 0 Å². The van der Waals surface area contributed by atoms with Crippen LogP contribution >= 0.6 is 11.8 Å². The Morgan fingerprint density at radius 3 is 2.88 bits per heavy atom. The quantitative estimate of drug-likeness (QED) is 0.306. The van der Waals surface area contributed by atoms with Gasteiger partial charge in [-0.2, -0.15) is 10.3 Å². The minimum Gasteiger partial charge on any atom is -0.172 e. The number of rotatable bonds is 1. The van der Waals surface area contributed by atoms with Crippen molar-refractivity contribution < 1.29 is 0 Å². The SMILES string of the molecule is CCSC(C)=NC#N. The number of aliphatic imine (C=N–C) groups is 1. The van der Waals surface area contributed by atoms with Crippen molar-refractivity contribution in [3.05, 3.63) is 0 Å². The van der Waals surface area contributed by atoms with Gasteiger partial charge < -0.3 is 0 Å². The summed E-state index contributed by atoms with van der Waals surface area (Å²) in [6, 6.07) is 0. The van der Waals surface area contributed by atoms with Gasteiger partial charge in [0.05, 0.1) is 5.04 Å². The average molecular weight is 128 g/mol. The van der Waals surface area contributed by atoms with E-state index in [0.717, 1.165) is 10.8 Å². The van der Waals surface area contributed by atoms with E-state index in [1.807, 2.05) is 13.8 Å². The first-order valence-corrected chi connectivity index (χ1v) is 3.36. The molecule has 0 atom stereocenters. The van der Waals surface area contributed by atoms with E-state index < -0.39 is 0 Å². The van der Waals surface area contributed by atoms with Crippen molar-refractivity contribution in [2.24, 2.45) is 4.99 Å². The monoisotopic (exact) mass is 128 g/mol. The molecule has 0 rings (SSSR count). The normalized spacial score (nSPS) is 10.9. The van der Waals surface area contributed by atoms with Crippen LogP contribution < -0.4 is 0 Å². The molecule has 0 N–H and O–H groups in total. The van der Waals surface area contributed by atoms with Gasteiger partial charge in [0.1, 0.15) is 0 Å². The van der Waals surface area contributed by atoms with Gasteiger partial charge in [-0.1, -0.05) is 6.92 Å². The number of thioether (sulfide) groups is 1. The molecule has 0 aromatic heterocycles. The molecule has 44 valence electrons. The van der Waals surface area contributed by atoms with Gasteiger partial charge in [0, 0.05) is 0 Å². The summed E-state index contributed by atoms with van der Waals surface area (Å²) < 4.78 is 0. The lowest BCUT2D eigenvalue weighted by Crippen LogP contribution is -1.80.